The normalized spacial score (nSPS) is 17.7. The molecule has 6 heteroatoms. The van der Waals surface area contributed by atoms with Gasteiger partial charge in [0, 0.05) is 57.9 Å². The lowest BCUT2D eigenvalue weighted by Crippen LogP contribution is -2.53. The van der Waals surface area contributed by atoms with E-state index in [1.807, 2.05) is 17.9 Å². The number of nitrogens with one attached hydrogen (secondary N) is 1. The molecule has 6 nitrogen and oxygen atoms in total. The molecule has 0 spiro atoms. The molecule has 1 N–H and O–H groups in total. The number of carbonyl (C=O) groups excluding carboxylic acids is 2. The van der Waals surface area contributed by atoms with Crippen molar-refractivity contribution in [2.45, 2.75) is 32.7 Å². The van der Waals surface area contributed by atoms with Crippen molar-refractivity contribution in [2.75, 3.05) is 44.2 Å². The average molecular weight is 344 g/mol. The Kier molecular flexibility index (Phi) is 5.79. The Hall–Kier alpha value is -2.24. The monoisotopic (exact) mass is 344 g/mol. The second kappa shape index (κ2) is 8.23. The van der Waals surface area contributed by atoms with Crippen LogP contribution in [0.2, 0.25) is 0 Å². The van der Waals surface area contributed by atoms with Crippen molar-refractivity contribution in [1.29, 1.82) is 0 Å². The number of urea groups is 1. The Bertz CT molecular complexity index is 605. The van der Waals surface area contributed by atoms with Crippen molar-refractivity contribution in [3.63, 3.8) is 0 Å². The first-order chi connectivity index (χ1) is 12.2. The molecular weight excluding hydrogens is 316 g/mol. The summed E-state index contributed by atoms with van der Waals surface area (Å²) in [4.78, 5) is 30.2. The standard InChI is InChI=1S/C19H28N4O2/c1-2-18(24)22-11-13-23(14-12-22)19(25)20-15-16-7-3-4-8-17(16)21-9-5-6-10-21/h3-4,7-8H,2,5-6,9-15H2,1H3,(H,20,25). The Morgan fingerprint density at radius 1 is 0.960 bits per heavy atom. The van der Waals surface area contributed by atoms with Crippen molar-refractivity contribution in [1.82, 2.24) is 15.1 Å². The van der Waals surface area contributed by atoms with Crippen LogP contribution in [0.3, 0.4) is 0 Å². The molecule has 25 heavy (non-hydrogen) atoms. The van der Waals surface area contributed by atoms with Crippen LogP contribution in [0.25, 0.3) is 0 Å². The maximum Gasteiger partial charge on any atom is 0.317 e. The SMILES string of the molecule is CCC(=O)N1CCN(C(=O)NCc2ccccc2N2CCCC2)CC1. The summed E-state index contributed by atoms with van der Waals surface area (Å²) in [6, 6.07) is 8.27. The molecule has 0 bridgehead atoms. The number of anilines is 1. The van der Waals surface area contributed by atoms with Gasteiger partial charge in [-0.1, -0.05) is 25.1 Å². The molecule has 3 rings (SSSR count). The summed E-state index contributed by atoms with van der Waals surface area (Å²) in [5.41, 5.74) is 2.40. The molecule has 2 aliphatic heterocycles. The number of hydrogen-bond donors (Lipinski definition) is 1. The van der Waals surface area contributed by atoms with E-state index in [0.717, 1.165) is 18.7 Å². The van der Waals surface area contributed by atoms with Gasteiger partial charge in [0.25, 0.3) is 0 Å². The molecule has 0 aliphatic carbocycles. The molecule has 2 fully saturated rings. The third-order valence-corrected chi connectivity index (χ3v) is 5.09. The number of hydrogen-bond acceptors (Lipinski definition) is 3. The summed E-state index contributed by atoms with van der Waals surface area (Å²) in [6.07, 6.45) is 3.00. The van der Waals surface area contributed by atoms with Gasteiger partial charge in [0.1, 0.15) is 0 Å². The Balaban J connectivity index is 1.52. The first kappa shape index (κ1) is 17.6. The van der Waals surface area contributed by atoms with E-state index < -0.39 is 0 Å². The summed E-state index contributed by atoms with van der Waals surface area (Å²) >= 11 is 0. The van der Waals surface area contributed by atoms with Crippen LogP contribution in [0.5, 0.6) is 0 Å². The Morgan fingerprint density at radius 2 is 1.60 bits per heavy atom. The number of para-hydroxylation sites is 1. The minimum Gasteiger partial charge on any atom is -0.371 e. The molecular formula is C19H28N4O2. The fourth-order valence-corrected chi connectivity index (χ4v) is 3.59. The van der Waals surface area contributed by atoms with Gasteiger partial charge in [-0.15, -0.1) is 0 Å². The van der Waals surface area contributed by atoms with E-state index in [2.05, 4.69) is 28.4 Å². The number of rotatable bonds is 4. The maximum atomic E-state index is 12.4. The zero-order valence-corrected chi connectivity index (χ0v) is 15.0. The van der Waals surface area contributed by atoms with Crippen molar-refractivity contribution in [3.8, 4) is 0 Å². The van der Waals surface area contributed by atoms with E-state index in [4.69, 9.17) is 0 Å². The smallest absolute Gasteiger partial charge is 0.317 e. The van der Waals surface area contributed by atoms with Crippen molar-refractivity contribution in [2.24, 2.45) is 0 Å². The quantitative estimate of drug-likeness (QED) is 0.909. The molecule has 0 aromatic heterocycles. The molecule has 136 valence electrons. The first-order valence-corrected chi connectivity index (χ1v) is 9.32. The second-order valence-electron chi connectivity index (χ2n) is 6.70. The van der Waals surface area contributed by atoms with Crippen LogP contribution in [0.4, 0.5) is 10.5 Å². The molecule has 1 aromatic carbocycles. The summed E-state index contributed by atoms with van der Waals surface area (Å²) in [6.45, 7) is 7.07. The van der Waals surface area contributed by atoms with Crippen LogP contribution < -0.4 is 10.2 Å². The summed E-state index contributed by atoms with van der Waals surface area (Å²) < 4.78 is 0. The molecule has 1 aromatic rings. The lowest BCUT2D eigenvalue weighted by atomic mass is 10.1. The highest BCUT2D eigenvalue weighted by atomic mass is 16.2. The molecule has 0 atom stereocenters. The molecule has 3 amide bonds. The van der Waals surface area contributed by atoms with Gasteiger partial charge in [0.2, 0.25) is 5.91 Å². The van der Waals surface area contributed by atoms with Gasteiger partial charge in [-0.3, -0.25) is 4.79 Å². The highest BCUT2D eigenvalue weighted by Gasteiger charge is 2.23. The molecule has 2 aliphatic rings. The Labute approximate surface area is 149 Å². The van der Waals surface area contributed by atoms with Gasteiger partial charge in [-0.2, -0.15) is 0 Å². The first-order valence-electron chi connectivity index (χ1n) is 9.32. The van der Waals surface area contributed by atoms with E-state index in [-0.39, 0.29) is 11.9 Å². The number of amides is 3. The summed E-state index contributed by atoms with van der Waals surface area (Å²) in [5, 5.41) is 3.05. The summed E-state index contributed by atoms with van der Waals surface area (Å²) in [7, 11) is 0. The molecule has 0 unspecified atom stereocenters. The van der Waals surface area contributed by atoms with Crippen LogP contribution in [-0.4, -0.2) is 61.0 Å². The molecule has 0 radical (unpaired) electrons. The van der Waals surface area contributed by atoms with Gasteiger partial charge < -0.3 is 20.0 Å². The highest BCUT2D eigenvalue weighted by Crippen LogP contribution is 2.24. The van der Waals surface area contributed by atoms with Crippen molar-refractivity contribution < 1.29 is 9.59 Å². The van der Waals surface area contributed by atoms with Crippen molar-refractivity contribution >= 4 is 17.6 Å². The van der Waals surface area contributed by atoms with Gasteiger partial charge in [0.05, 0.1) is 0 Å². The average Bonchev–Trinajstić information content (AvgIpc) is 3.20. The van der Waals surface area contributed by atoms with Crippen LogP contribution in [0.15, 0.2) is 24.3 Å². The van der Waals surface area contributed by atoms with Gasteiger partial charge >= 0.3 is 6.03 Å². The lowest BCUT2D eigenvalue weighted by molar-refractivity contribution is -0.132. The van der Waals surface area contributed by atoms with Gasteiger partial charge in [-0.25, -0.2) is 4.79 Å². The van der Waals surface area contributed by atoms with E-state index in [1.165, 1.54) is 18.5 Å². The van der Waals surface area contributed by atoms with Gasteiger partial charge in [-0.05, 0) is 24.5 Å². The van der Waals surface area contributed by atoms with Crippen LogP contribution >= 0.6 is 0 Å². The number of nitrogens with zero attached hydrogens (tertiary/aromatic N) is 3. The fraction of sp³-hybridized carbons (Fsp3) is 0.579. The van der Waals surface area contributed by atoms with E-state index in [9.17, 15) is 9.59 Å². The van der Waals surface area contributed by atoms with Crippen LogP contribution in [0, 0.1) is 0 Å². The zero-order valence-electron chi connectivity index (χ0n) is 15.0. The fourth-order valence-electron chi connectivity index (χ4n) is 3.59. The highest BCUT2D eigenvalue weighted by molar-refractivity contribution is 5.77. The topological polar surface area (TPSA) is 55.9 Å². The van der Waals surface area contributed by atoms with E-state index in [1.54, 1.807) is 4.90 Å². The second-order valence-corrected chi connectivity index (χ2v) is 6.70. The van der Waals surface area contributed by atoms with E-state index >= 15 is 0 Å². The maximum absolute atomic E-state index is 12.4. The molecule has 0 saturated carbocycles. The van der Waals surface area contributed by atoms with Crippen LogP contribution in [-0.2, 0) is 11.3 Å². The third-order valence-electron chi connectivity index (χ3n) is 5.09. The summed E-state index contributed by atoms with van der Waals surface area (Å²) in [5.74, 6) is 0.166. The minimum absolute atomic E-state index is 0.0418. The van der Waals surface area contributed by atoms with Crippen LogP contribution in [0.1, 0.15) is 31.7 Å². The Morgan fingerprint density at radius 3 is 2.28 bits per heavy atom. The largest absolute Gasteiger partial charge is 0.371 e. The number of benzene rings is 1. The minimum atomic E-state index is -0.0418. The van der Waals surface area contributed by atoms with Gasteiger partial charge in [0.15, 0.2) is 0 Å². The number of piperazine rings is 1. The van der Waals surface area contributed by atoms with E-state index in [0.29, 0.717) is 39.1 Å². The third kappa shape index (κ3) is 4.24. The molecule has 2 heterocycles. The number of carbonyl (C=O) groups is 2. The van der Waals surface area contributed by atoms with Crippen molar-refractivity contribution in [3.05, 3.63) is 29.8 Å². The predicted octanol–water partition coefficient (Wildman–Crippen LogP) is 2.05. The zero-order chi connectivity index (χ0) is 17.6. The predicted molar refractivity (Wildman–Crippen MR) is 98.6 cm³/mol. The molecule has 2 saturated heterocycles. The lowest BCUT2D eigenvalue weighted by Gasteiger charge is -2.34.